The minimum Gasteiger partial charge on any atom is -0.495 e. The Labute approximate surface area is 167 Å². The zero-order valence-corrected chi connectivity index (χ0v) is 17.8. The maximum Gasteiger partial charge on any atom is 0.264 e. The van der Waals surface area contributed by atoms with E-state index in [4.69, 9.17) is 4.74 Å². The highest BCUT2D eigenvalue weighted by Crippen LogP contribution is 2.32. The molecule has 0 aliphatic heterocycles. The number of nitrogens with zero attached hydrogens (tertiary/aromatic N) is 1. The summed E-state index contributed by atoms with van der Waals surface area (Å²) in [5.41, 5.74) is 1.25. The number of amides is 1. The maximum absolute atomic E-state index is 13.4. The molecule has 2 aromatic carbocycles. The molecular formula is C21H28N2O4S. The van der Waals surface area contributed by atoms with Crippen molar-refractivity contribution in [3.05, 3.63) is 54.1 Å². The molecular weight excluding hydrogens is 376 g/mol. The molecule has 0 heterocycles. The Morgan fingerprint density at radius 1 is 1.07 bits per heavy atom. The van der Waals surface area contributed by atoms with Crippen molar-refractivity contribution in [3.8, 4) is 5.75 Å². The molecule has 0 saturated heterocycles. The average molecular weight is 405 g/mol. The lowest BCUT2D eigenvalue weighted by Crippen LogP contribution is -2.41. The lowest BCUT2D eigenvalue weighted by Gasteiger charge is -2.26. The zero-order valence-electron chi connectivity index (χ0n) is 17.0. The Morgan fingerprint density at radius 3 is 2.21 bits per heavy atom. The van der Waals surface area contributed by atoms with Gasteiger partial charge in [0, 0.05) is 6.54 Å². The van der Waals surface area contributed by atoms with Crippen molar-refractivity contribution in [2.24, 2.45) is 0 Å². The van der Waals surface area contributed by atoms with Gasteiger partial charge in [0.05, 0.1) is 17.7 Å². The van der Waals surface area contributed by atoms with E-state index in [1.54, 1.807) is 55.5 Å². The number of rotatable bonds is 7. The third-order valence-electron chi connectivity index (χ3n) is 4.32. The maximum atomic E-state index is 13.4. The fourth-order valence-electron chi connectivity index (χ4n) is 2.77. The number of anilines is 1. The van der Waals surface area contributed by atoms with E-state index >= 15 is 0 Å². The van der Waals surface area contributed by atoms with Gasteiger partial charge in [0.2, 0.25) is 5.91 Å². The summed E-state index contributed by atoms with van der Waals surface area (Å²) >= 11 is 0. The van der Waals surface area contributed by atoms with Crippen LogP contribution in [0.1, 0.15) is 33.3 Å². The number of hydrogen-bond donors (Lipinski definition) is 1. The number of likely N-dealkylation sites (N-methyl/N-ethyl adjacent to an activating group) is 1. The van der Waals surface area contributed by atoms with Gasteiger partial charge in [0.15, 0.2) is 0 Å². The van der Waals surface area contributed by atoms with Crippen LogP contribution in [-0.4, -0.2) is 34.5 Å². The van der Waals surface area contributed by atoms with Gasteiger partial charge in [-0.3, -0.25) is 9.10 Å². The van der Waals surface area contributed by atoms with Crippen molar-refractivity contribution in [2.75, 3.05) is 24.5 Å². The number of benzene rings is 2. The Hall–Kier alpha value is -2.54. The van der Waals surface area contributed by atoms with E-state index in [1.807, 2.05) is 0 Å². The van der Waals surface area contributed by atoms with Gasteiger partial charge in [-0.05, 0) is 42.2 Å². The fourth-order valence-corrected chi connectivity index (χ4v) is 4.20. The summed E-state index contributed by atoms with van der Waals surface area (Å²) < 4.78 is 33.2. The van der Waals surface area contributed by atoms with Crippen LogP contribution in [0.25, 0.3) is 0 Å². The second-order valence-corrected chi connectivity index (χ2v) is 9.27. The third kappa shape index (κ3) is 4.84. The van der Waals surface area contributed by atoms with Crippen LogP contribution < -0.4 is 14.4 Å². The molecule has 0 radical (unpaired) electrons. The first kappa shape index (κ1) is 21.8. The third-order valence-corrected chi connectivity index (χ3v) is 6.10. The van der Waals surface area contributed by atoms with Gasteiger partial charge in [-0.15, -0.1) is 0 Å². The molecule has 0 aromatic heterocycles. The molecule has 0 unspecified atom stereocenters. The van der Waals surface area contributed by atoms with Crippen molar-refractivity contribution in [2.45, 2.75) is 38.0 Å². The second-order valence-electron chi connectivity index (χ2n) is 7.41. The van der Waals surface area contributed by atoms with E-state index in [1.165, 1.54) is 7.11 Å². The summed E-state index contributed by atoms with van der Waals surface area (Å²) in [5, 5.41) is 2.65. The summed E-state index contributed by atoms with van der Waals surface area (Å²) in [6.45, 7) is 8.05. The number of carbonyl (C=O) groups is 1. The van der Waals surface area contributed by atoms with Gasteiger partial charge in [0.25, 0.3) is 10.0 Å². The van der Waals surface area contributed by atoms with Gasteiger partial charge >= 0.3 is 0 Å². The quantitative estimate of drug-likeness (QED) is 0.768. The molecule has 0 spiro atoms. The normalized spacial score (nSPS) is 11.8. The van der Waals surface area contributed by atoms with E-state index in [0.29, 0.717) is 18.0 Å². The lowest BCUT2D eigenvalue weighted by atomic mass is 9.87. The Balaban J connectivity index is 2.53. The summed E-state index contributed by atoms with van der Waals surface area (Å²) in [6.07, 6.45) is 0. The van der Waals surface area contributed by atoms with Gasteiger partial charge in [-0.1, -0.05) is 45.0 Å². The first-order valence-corrected chi connectivity index (χ1v) is 10.6. The highest BCUT2D eigenvalue weighted by Gasteiger charge is 2.29. The van der Waals surface area contributed by atoms with Gasteiger partial charge in [-0.2, -0.15) is 0 Å². The number of hydrogen-bond acceptors (Lipinski definition) is 4. The molecule has 6 nitrogen and oxygen atoms in total. The SMILES string of the molecule is CCNC(=O)CN(c1ccccc1OC)S(=O)(=O)c1ccc(C(C)(C)C)cc1. The van der Waals surface area contributed by atoms with Crippen molar-refractivity contribution in [1.29, 1.82) is 0 Å². The topological polar surface area (TPSA) is 75.7 Å². The van der Waals surface area contributed by atoms with E-state index in [-0.39, 0.29) is 22.8 Å². The van der Waals surface area contributed by atoms with Crippen LogP contribution in [0.5, 0.6) is 5.75 Å². The van der Waals surface area contributed by atoms with Gasteiger partial charge in [0.1, 0.15) is 12.3 Å². The number of ether oxygens (including phenoxy) is 1. The molecule has 152 valence electrons. The van der Waals surface area contributed by atoms with Crippen LogP contribution in [0.2, 0.25) is 0 Å². The lowest BCUT2D eigenvalue weighted by molar-refractivity contribution is -0.119. The van der Waals surface area contributed by atoms with Crippen LogP contribution in [0.3, 0.4) is 0 Å². The second kappa shape index (κ2) is 8.65. The zero-order chi connectivity index (χ0) is 20.9. The summed E-state index contributed by atoms with van der Waals surface area (Å²) in [5.74, 6) is -0.00928. The van der Waals surface area contributed by atoms with Gasteiger partial charge in [-0.25, -0.2) is 8.42 Å². The molecule has 1 amide bonds. The number of methoxy groups -OCH3 is 1. The molecule has 0 atom stereocenters. The van der Waals surface area contributed by atoms with Gasteiger partial charge < -0.3 is 10.1 Å². The van der Waals surface area contributed by atoms with E-state index in [0.717, 1.165) is 9.87 Å². The standard InChI is InChI=1S/C21H28N2O4S/c1-6-22-20(24)15-23(18-9-7-8-10-19(18)27-5)28(25,26)17-13-11-16(12-14-17)21(2,3)4/h7-14H,6,15H2,1-5H3,(H,22,24). The van der Waals surface area contributed by atoms with Crippen molar-refractivity contribution >= 4 is 21.6 Å². The van der Waals surface area contributed by atoms with E-state index < -0.39 is 10.0 Å². The predicted octanol–water partition coefficient (Wildman–Crippen LogP) is 3.32. The largest absolute Gasteiger partial charge is 0.495 e. The monoisotopic (exact) mass is 404 g/mol. The summed E-state index contributed by atoms with van der Waals surface area (Å²) in [4.78, 5) is 12.4. The van der Waals surface area contributed by atoms with E-state index in [9.17, 15) is 13.2 Å². The number of carbonyl (C=O) groups excluding carboxylic acids is 1. The minimum absolute atomic E-state index is 0.0916. The highest BCUT2D eigenvalue weighted by molar-refractivity contribution is 7.92. The number of nitrogens with one attached hydrogen (secondary N) is 1. The smallest absolute Gasteiger partial charge is 0.264 e. The summed E-state index contributed by atoms with van der Waals surface area (Å²) in [6, 6.07) is 13.5. The Morgan fingerprint density at radius 2 is 1.68 bits per heavy atom. The molecule has 7 heteroatoms. The molecule has 0 fully saturated rings. The van der Waals surface area contributed by atoms with Crippen LogP contribution >= 0.6 is 0 Å². The van der Waals surface area contributed by atoms with Crippen molar-refractivity contribution in [3.63, 3.8) is 0 Å². The Bertz CT molecular complexity index is 916. The fraction of sp³-hybridized carbons (Fsp3) is 0.381. The van der Waals surface area contributed by atoms with Crippen LogP contribution in [0.4, 0.5) is 5.69 Å². The molecule has 0 bridgehead atoms. The number of sulfonamides is 1. The molecule has 2 rings (SSSR count). The molecule has 2 aromatic rings. The van der Waals surface area contributed by atoms with Crippen LogP contribution in [-0.2, 0) is 20.2 Å². The Kier molecular flexibility index (Phi) is 6.72. The molecule has 0 aliphatic rings. The van der Waals surface area contributed by atoms with Crippen LogP contribution in [0, 0.1) is 0 Å². The first-order chi connectivity index (χ1) is 13.1. The molecule has 28 heavy (non-hydrogen) atoms. The molecule has 1 N–H and O–H groups in total. The minimum atomic E-state index is -3.97. The average Bonchev–Trinajstić information content (AvgIpc) is 2.65. The van der Waals surface area contributed by atoms with Crippen LogP contribution in [0.15, 0.2) is 53.4 Å². The first-order valence-electron chi connectivity index (χ1n) is 9.14. The molecule has 0 aliphatic carbocycles. The van der Waals surface area contributed by atoms with Crippen molar-refractivity contribution in [1.82, 2.24) is 5.32 Å². The van der Waals surface area contributed by atoms with E-state index in [2.05, 4.69) is 26.1 Å². The number of para-hydroxylation sites is 2. The molecule has 0 saturated carbocycles. The van der Waals surface area contributed by atoms with Crippen molar-refractivity contribution < 1.29 is 17.9 Å². The summed E-state index contributed by atoms with van der Waals surface area (Å²) in [7, 11) is -2.50. The highest BCUT2D eigenvalue weighted by atomic mass is 32.2. The predicted molar refractivity (Wildman–Crippen MR) is 111 cm³/mol.